The van der Waals surface area contributed by atoms with E-state index >= 15 is 0 Å². The van der Waals surface area contributed by atoms with Crippen LogP contribution in [0.2, 0.25) is 5.02 Å². The standard InChI is InChI=1S/C14H8ClFN2O2/c15-11-7-8(16)5-6-9(11)13-17-14(20-18-13)10-3-1-2-4-12(10)19/h1-7,19H. The zero-order chi connectivity index (χ0) is 14.1. The fourth-order valence-corrected chi connectivity index (χ4v) is 2.02. The zero-order valence-electron chi connectivity index (χ0n) is 10.0. The molecule has 0 bridgehead atoms. The van der Waals surface area contributed by atoms with Crippen LogP contribution in [0.1, 0.15) is 0 Å². The predicted molar refractivity (Wildman–Crippen MR) is 71.8 cm³/mol. The largest absolute Gasteiger partial charge is 0.507 e. The van der Waals surface area contributed by atoms with Crippen LogP contribution in [-0.4, -0.2) is 15.2 Å². The minimum absolute atomic E-state index is 0.0351. The minimum Gasteiger partial charge on any atom is -0.507 e. The van der Waals surface area contributed by atoms with Gasteiger partial charge in [0.25, 0.3) is 5.89 Å². The van der Waals surface area contributed by atoms with Gasteiger partial charge in [-0.15, -0.1) is 0 Å². The van der Waals surface area contributed by atoms with Crippen molar-refractivity contribution in [1.29, 1.82) is 0 Å². The van der Waals surface area contributed by atoms with Crippen LogP contribution in [0.3, 0.4) is 0 Å². The summed E-state index contributed by atoms with van der Waals surface area (Å²) in [5.74, 6) is -0.0113. The Morgan fingerprint density at radius 3 is 2.65 bits per heavy atom. The van der Waals surface area contributed by atoms with E-state index in [2.05, 4.69) is 10.1 Å². The summed E-state index contributed by atoms with van der Waals surface area (Å²) in [5, 5.41) is 13.7. The number of hydrogen-bond acceptors (Lipinski definition) is 4. The van der Waals surface area contributed by atoms with Crippen LogP contribution in [-0.2, 0) is 0 Å². The number of para-hydroxylation sites is 1. The highest BCUT2D eigenvalue weighted by Crippen LogP contribution is 2.31. The Kier molecular flexibility index (Phi) is 3.12. The lowest BCUT2D eigenvalue weighted by Gasteiger charge is -1.98. The van der Waals surface area contributed by atoms with E-state index < -0.39 is 5.82 Å². The van der Waals surface area contributed by atoms with Crippen molar-refractivity contribution in [2.75, 3.05) is 0 Å². The lowest BCUT2D eigenvalue weighted by atomic mass is 10.2. The summed E-state index contributed by atoms with van der Waals surface area (Å²) in [5.41, 5.74) is 0.878. The first-order valence-corrected chi connectivity index (χ1v) is 6.10. The SMILES string of the molecule is Oc1ccccc1-c1nc(-c2ccc(F)cc2Cl)no1. The van der Waals surface area contributed by atoms with Crippen molar-refractivity contribution in [2.24, 2.45) is 0 Å². The Bertz CT molecular complexity index is 773. The minimum atomic E-state index is -0.442. The molecule has 0 radical (unpaired) electrons. The van der Waals surface area contributed by atoms with E-state index in [9.17, 15) is 9.50 Å². The molecule has 0 aliphatic heterocycles. The van der Waals surface area contributed by atoms with E-state index in [1.807, 2.05) is 0 Å². The number of phenolic OH excluding ortho intramolecular Hbond substituents is 1. The Labute approximate surface area is 118 Å². The number of halogens is 2. The number of hydrogen-bond donors (Lipinski definition) is 1. The van der Waals surface area contributed by atoms with Crippen molar-refractivity contribution >= 4 is 11.6 Å². The number of aromatic hydroxyl groups is 1. The molecule has 0 aliphatic rings. The first-order chi connectivity index (χ1) is 9.65. The zero-order valence-corrected chi connectivity index (χ0v) is 10.8. The summed E-state index contributed by atoms with van der Waals surface area (Å²) in [4.78, 5) is 4.16. The monoisotopic (exact) mass is 290 g/mol. The molecule has 0 spiro atoms. The molecule has 0 amide bonds. The highest BCUT2D eigenvalue weighted by molar-refractivity contribution is 6.33. The summed E-state index contributed by atoms with van der Waals surface area (Å²) < 4.78 is 18.1. The molecule has 0 aliphatic carbocycles. The fourth-order valence-electron chi connectivity index (χ4n) is 1.77. The molecule has 20 heavy (non-hydrogen) atoms. The number of benzene rings is 2. The normalized spacial score (nSPS) is 10.7. The maximum atomic E-state index is 13.0. The Balaban J connectivity index is 2.04. The van der Waals surface area contributed by atoms with Crippen LogP contribution >= 0.6 is 11.6 Å². The quantitative estimate of drug-likeness (QED) is 0.777. The number of nitrogens with zero attached hydrogens (tertiary/aromatic N) is 2. The maximum absolute atomic E-state index is 13.0. The molecule has 3 rings (SSSR count). The first kappa shape index (κ1) is 12.6. The number of rotatable bonds is 2. The van der Waals surface area contributed by atoms with Crippen LogP contribution in [0.15, 0.2) is 47.0 Å². The van der Waals surface area contributed by atoms with Gasteiger partial charge in [-0.05, 0) is 30.3 Å². The van der Waals surface area contributed by atoms with Gasteiger partial charge in [0.05, 0.1) is 10.6 Å². The number of phenols is 1. The Morgan fingerprint density at radius 1 is 1.10 bits per heavy atom. The average Bonchev–Trinajstić information content (AvgIpc) is 2.88. The van der Waals surface area contributed by atoms with Crippen molar-refractivity contribution < 1.29 is 14.0 Å². The van der Waals surface area contributed by atoms with Crippen LogP contribution in [0.4, 0.5) is 4.39 Å². The van der Waals surface area contributed by atoms with Gasteiger partial charge in [-0.1, -0.05) is 28.9 Å². The van der Waals surface area contributed by atoms with Gasteiger partial charge in [0.2, 0.25) is 5.82 Å². The van der Waals surface area contributed by atoms with Crippen molar-refractivity contribution in [3.63, 3.8) is 0 Å². The highest BCUT2D eigenvalue weighted by atomic mass is 35.5. The predicted octanol–water partition coefficient (Wildman–Crippen LogP) is 3.90. The number of aromatic nitrogens is 2. The molecular formula is C14H8ClFN2O2. The first-order valence-electron chi connectivity index (χ1n) is 5.72. The second-order valence-electron chi connectivity index (χ2n) is 4.06. The van der Waals surface area contributed by atoms with E-state index in [0.29, 0.717) is 11.1 Å². The van der Waals surface area contributed by atoms with Crippen molar-refractivity contribution in [3.8, 4) is 28.6 Å². The van der Waals surface area contributed by atoms with Gasteiger partial charge < -0.3 is 9.63 Å². The van der Waals surface area contributed by atoms with Gasteiger partial charge >= 0.3 is 0 Å². The molecule has 3 aromatic rings. The van der Waals surface area contributed by atoms with Gasteiger partial charge in [-0.2, -0.15) is 4.98 Å². The molecule has 6 heteroatoms. The second-order valence-corrected chi connectivity index (χ2v) is 4.47. The molecule has 0 saturated heterocycles. The lowest BCUT2D eigenvalue weighted by molar-refractivity contribution is 0.425. The van der Waals surface area contributed by atoms with Gasteiger partial charge in [0.1, 0.15) is 11.6 Å². The molecule has 0 unspecified atom stereocenters. The van der Waals surface area contributed by atoms with E-state index in [-0.39, 0.29) is 22.5 Å². The molecular weight excluding hydrogens is 283 g/mol. The molecule has 1 N–H and O–H groups in total. The molecule has 2 aromatic carbocycles. The molecule has 4 nitrogen and oxygen atoms in total. The van der Waals surface area contributed by atoms with Crippen LogP contribution in [0, 0.1) is 5.82 Å². The van der Waals surface area contributed by atoms with Crippen molar-refractivity contribution in [3.05, 3.63) is 53.3 Å². The van der Waals surface area contributed by atoms with E-state index in [4.69, 9.17) is 16.1 Å². The highest BCUT2D eigenvalue weighted by Gasteiger charge is 2.15. The summed E-state index contributed by atoms with van der Waals surface area (Å²) in [6, 6.07) is 10.5. The molecule has 0 fully saturated rings. The Morgan fingerprint density at radius 2 is 1.90 bits per heavy atom. The summed E-state index contributed by atoms with van der Waals surface area (Å²) in [6.07, 6.45) is 0. The van der Waals surface area contributed by atoms with Crippen LogP contribution < -0.4 is 0 Å². The van der Waals surface area contributed by atoms with E-state index in [1.54, 1.807) is 18.2 Å². The molecule has 0 atom stereocenters. The van der Waals surface area contributed by atoms with Crippen molar-refractivity contribution in [1.82, 2.24) is 10.1 Å². The average molecular weight is 291 g/mol. The van der Waals surface area contributed by atoms with Gasteiger partial charge in [0, 0.05) is 5.56 Å². The Hall–Kier alpha value is -2.40. The van der Waals surface area contributed by atoms with Crippen LogP contribution in [0.25, 0.3) is 22.8 Å². The van der Waals surface area contributed by atoms with E-state index in [1.165, 1.54) is 24.3 Å². The fraction of sp³-hybridized carbons (Fsp3) is 0. The van der Waals surface area contributed by atoms with Crippen molar-refractivity contribution in [2.45, 2.75) is 0 Å². The molecule has 1 aromatic heterocycles. The summed E-state index contributed by atoms with van der Waals surface area (Å²) in [7, 11) is 0. The topological polar surface area (TPSA) is 59.2 Å². The lowest BCUT2D eigenvalue weighted by Crippen LogP contribution is -1.84. The second kappa shape index (κ2) is 4.94. The molecule has 100 valence electrons. The third-order valence-corrected chi connectivity index (χ3v) is 3.05. The third-order valence-electron chi connectivity index (χ3n) is 2.73. The van der Waals surface area contributed by atoms with Gasteiger partial charge in [0.15, 0.2) is 0 Å². The summed E-state index contributed by atoms with van der Waals surface area (Å²) >= 11 is 5.94. The van der Waals surface area contributed by atoms with Crippen LogP contribution in [0.5, 0.6) is 5.75 Å². The molecule has 1 heterocycles. The van der Waals surface area contributed by atoms with Gasteiger partial charge in [-0.3, -0.25) is 0 Å². The summed E-state index contributed by atoms with van der Waals surface area (Å²) in [6.45, 7) is 0. The smallest absolute Gasteiger partial charge is 0.261 e. The maximum Gasteiger partial charge on any atom is 0.261 e. The third kappa shape index (κ3) is 2.23. The van der Waals surface area contributed by atoms with E-state index in [0.717, 1.165) is 0 Å². The van der Waals surface area contributed by atoms with Gasteiger partial charge in [-0.25, -0.2) is 4.39 Å². The molecule has 0 saturated carbocycles.